The summed E-state index contributed by atoms with van der Waals surface area (Å²) in [5.41, 5.74) is 0. The maximum atomic E-state index is 11.0. The van der Waals surface area contributed by atoms with E-state index >= 15 is 0 Å². The van der Waals surface area contributed by atoms with Gasteiger partial charge in [0, 0.05) is 14.2 Å². The molecule has 0 radical (unpaired) electrons. The number of hydrogen-bond donors (Lipinski definition) is 2. The van der Waals surface area contributed by atoms with Gasteiger partial charge in [-0.1, -0.05) is 0 Å². The zero-order valence-corrected chi connectivity index (χ0v) is 8.74. The highest BCUT2D eigenvalue weighted by Crippen LogP contribution is 2.10. The van der Waals surface area contributed by atoms with Crippen molar-refractivity contribution in [3.8, 4) is 0 Å². The maximum absolute atomic E-state index is 11.0. The molecule has 0 saturated heterocycles. The van der Waals surface area contributed by atoms with E-state index in [0.717, 1.165) is 7.11 Å². The SMILES string of the molecule is [2H]CO[C@@H]([C@H](O)[C@H](O)C(=O)OC)[C@H](C=O)OC[2H]. The molecule has 0 aliphatic carbocycles. The largest absolute Gasteiger partial charge is 0.467 e. The van der Waals surface area contributed by atoms with Crippen LogP contribution in [0.2, 0.25) is 0 Å². The summed E-state index contributed by atoms with van der Waals surface area (Å²) in [6.45, 7) is 0. The lowest BCUT2D eigenvalue weighted by Crippen LogP contribution is -2.50. The summed E-state index contributed by atoms with van der Waals surface area (Å²) in [5, 5.41) is 19.1. The van der Waals surface area contributed by atoms with Crippen molar-refractivity contribution in [2.75, 3.05) is 21.3 Å². The second-order valence-electron chi connectivity index (χ2n) is 2.86. The molecule has 16 heavy (non-hydrogen) atoms. The van der Waals surface area contributed by atoms with Crippen LogP contribution in [-0.2, 0) is 23.8 Å². The van der Waals surface area contributed by atoms with Crippen LogP contribution in [0.1, 0.15) is 2.74 Å². The summed E-state index contributed by atoms with van der Waals surface area (Å²) < 4.78 is 27.3. The Morgan fingerprint density at radius 3 is 2.44 bits per heavy atom. The van der Waals surface area contributed by atoms with Gasteiger partial charge in [0.2, 0.25) is 0 Å². The third-order valence-corrected chi connectivity index (χ3v) is 1.95. The molecule has 0 saturated carbocycles. The number of carbonyl (C=O) groups is 2. The number of carbonyl (C=O) groups excluding carboxylic acids is 2. The van der Waals surface area contributed by atoms with Gasteiger partial charge >= 0.3 is 5.97 Å². The monoisotopic (exact) mass is 238 g/mol. The first-order valence-corrected chi connectivity index (χ1v) is 4.24. The number of hydrogen-bond acceptors (Lipinski definition) is 7. The predicted octanol–water partition coefficient (Wildman–Crippen LogP) is -1.89. The quantitative estimate of drug-likeness (QED) is 0.395. The minimum absolute atomic E-state index is 0.252. The van der Waals surface area contributed by atoms with Crippen LogP contribution in [0, 0.1) is 0 Å². The molecule has 7 heteroatoms. The van der Waals surface area contributed by atoms with Crippen LogP contribution in [-0.4, -0.2) is 68.2 Å². The average Bonchev–Trinajstić information content (AvgIpc) is 2.40. The summed E-state index contributed by atoms with van der Waals surface area (Å²) in [6, 6.07) is 0. The fraction of sp³-hybridized carbons (Fsp3) is 0.778. The number of esters is 1. The van der Waals surface area contributed by atoms with E-state index in [2.05, 4.69) is 9.47 Å². The van der Waals surface area contributed by atoms with Crippen molar-refractivity contribution in [3.05, 3.63) is 0 Å². The smallest absolute Gasteiger partial charge is 0.337 e. The van der Waals surface area contributed by atoms with Gasteiger partial charge in [-0.15, -0.1) is 0 Å². The van der Waals surface area contributed by atoms with Crippen LogP contribution in [0.25, 0.3) is 0 Å². The Bertz CT molecular complexity index is 263. The third-order valence-electron chi connectivity index (χ3n) is 1.95. The predicted molar refractivity (Wildman–Crippen MR) is 51.7 cm³/mol. The topological polar surface area (TPSA) is 102 Å². The van der Waals surface area contributed by atoms with Crippen LogP contribution in [0.3, 0.4) is 0 Å². The van der Waals surface area contributed by atoms with E-state index in [4.69, 9.17) is 7.48 Å². The van der Waals surface area contributed by atoms with Gasteiger partial charge in [-0.05, 0) is 0 Å². The first-order valence-electron chi connectivity index (χ1n) is 5.65. The van der Waals surface area contributed by atoms with Gasteiger partial charge in [0.1, 0.15) is 18.3 Å². The summed E-state index contributed by atoms with van der Waals surface area (Å²) >= 11 is 0. The van der Waals surface area contributed by atoms with E-state index in [1.807, 2.05) is 0 Å². The van der Waals surface area contributed by atoms with E-state index in [-0.39, 0.29) is 6.29 Å². The second-order valence-corrected chi connectivity index (χ2v) is 2.86. The molecule has 0 aliphatic rings. The van der Waals surface area contributed by atoms with Crippen molar-refractivity contribution in [3.63, 3.8) is 0 Å². The average molecular weight is 238 g/mol. The number of rotatable bonds is 7. The van der Waals surface area contributed by atoms with Crippen LogP contribution in [0.15, 0.2) is 0 Å². The van der Waals surface area contributed by atoms with E-state index in [9.17, 15) is 19.8 Å². The first kappa shape index (κ1) is 11.5. The Kier molecular flexibility index (Phi) is 5.22. The Hall–Kier alpha value is -1.02. The van der Waals surface area contributed by atoms with Crippen molar-refractivity contribution in [2.24, 2.45) is 0 Å². The molecule has 0 bridgehead atoms. The fourth-order valence-electron chi connectivity index (χ4n) is 1.04. The minimum Gasteiger partial charge on any atom is -0.467 e. The Morgan fingerprint density at radius 2 is 2.00 bits per heavy atom. The molecule has 94 valence electrons. The first-order chi connectivity index (χ1) is 8.53. The standard InChI is InChI=1S/C9H16O7/c1-14-5(4-10)8(15-2)6(11)7(12)9(13)16-3/h4-8,11-12H,1-3H3/t5-,6+,7-,8+/m0/s1/i1D,2D. The van der Waals surface area contributed by atoms with Crippen LogP contribution in [0.4, 0.5) is 0 Å². The van der Waals surface area contributed by atoms with Gasteiger partial charge in [-0.3, -0.25) is 0 Å². The van der Waals surface area contributed by atoms with Crippen molar-refractivity contribution >= 4 is 12.3 Å². The number of methoxy groups -OCH3 is 3. The van der Waals surface area contributed by atoms with E-state index in [1.54, 1.807) is 0 Å². The van der Waals surface area contributed by atoms with Crippen LogP contribution < -0.4 is 0 Å². The molecular weight excluding hydrogens is 220 g/mol. The molecular formula is C9H16O7. The summed E-state index contributed by atoms with van der Waals surface area (Å²) in [5.74, 6) is -1.11. The molecule has 0 amide bonds. The normalized spacial score (nSPS) is 19.9. The number of aliphatic hydroxyl groups excluding tert-OH is 2. The maximum Gasteiger partial charge on any atom is 0.337 e. The molecule has 0 aromatic heterocycles. The minimum atomic E-state index is -1.94. The second kappa shape index (κ2) is 7.29. The molecule has 7 nitrogen and oxygen atoms in total. The Balaban J connectivity index is 4.84. The highest BCUT2D eigenvalue weighted by atomic mass is 16.6. The van der Waals surface area contributed by atoms with Gasteiger partial charge < -0.3 is 29.2 Å². The molecule has 0 rings (SSSR count). The van der Waals surface area contributed by atoms with Crippen molar-refractivity contribution in [1.29, 1.82) is 0 Å². The highest BCUT2D eigenvalue weighted by Gasteiger charge is 2.37. The van der Waals surface area contributed by atoms with Gasteiger partial charge in [-0.2, -0.15) is 0 Å². The van der Waals surface area contributed by atoms with Crippen LogP contribution in [0.5, 0.6) is 0 Å². The zero-order valence-electron chi connectivity index (χ0n) is 10.7. The summed E-state index contributed by atoms with van der Waals surface area (Å²) in [4.78, 5) is 21.7. The molecule has 0 spiro atoms. The molecule has 4 atom stereocenters. The molecule has 2 N–H and O–H groups in total. The van der Waals surface area contributed by atoms with Crippen LogP contribution >= 0.6 is 0 Å². The van der Waals surface area contributed by atoms with Crippen molar-refractivity contribution in [1.82, 2.24) is 0 Å². The molecule has 0 heterocycles. The van der Waals surface area contributed by atoms with E-state index < -0.39 is 44.6 Å². The van der Waals surface area contributed by atoms with Gasteiger partial charge in [0.25, 0.3) is 0 Å². The summed E-state index contributed by atoms with van der Waals surface area (Å²) in [7, 11) is -0.195. The number of aldehydes is 1. The zero-order chi connectivity index (χ0) is 14.1. The molecule has 0 aromatic rings. The highest BCUT2D eigenvalue weighted by molar-refractivity contribution is 5.75. The lowest BCUT2D eigenvalue weighted by molar-refractivity contribution is -0.171. The van der Waals surface area contributed by atoms with Crippen molar-refractivity contribution < 1.29 is 36.8 Å². The summed E-state index contributed by atoms with van der Waals surface area (Å²) in [6.07, 6.45) is -6.32. The lowest BCUT2D eigenvalue weighted by atomic mass is 10.0. The number of ether oxygens (including phenoxy) is 3. The lowest BCUT2D eigenvalue weighted by Gasteiger charge is -2.27. The molecule has 0 aromatic carbocycles. The number of aliphatic hydroxyl groups is 2. The third kappa shape index (κ3) is 3.53. The van der Waals surface area contributed by atoms with Crippen molar-refractivity contribution in [2.45, 2.75) is 24.4 Å². The molecule has 0 unspecified atom stereocenters. The van der Waals surface area contributed by atoms with E-state index in [0.29, 0.717) is 0 Å². The van der Waals surface area contributed by atoms with E-state index in [1.165, 1.54) is 0 Å². The van der Waals surface area contributed by atoms with Gasteiger partial charge in [0.05, 0.1) is 9.85 Å². The van der Waals surface area contributed by atoms with Gasteiger partial charge in [0.15, 0.2) is 12.4 Å². The Morgan fingerprint density at radius 1 is 1.38 bits per heavy atom. The van der Waals surface area contributed by atoms with Gasteiger partial charge in [-0.25, -0.2) is 4.79 Å². The molecule has 0 aliphatic heterocycles. The fourth-order valence-corrected chi connectivity index (χ4v) is 1.04. The Labute approximate surface area is 95.7 Å². The molecule has 0 fully saturated rings.